The number of aryl methyl sites for hydroxylation is 2. The van der Waals surface area contributed by atoms with E-state index in [1.807, 2.05) is 52.0 Å². The van der Waals surface area contributed by atoms with Crippen molar-refractivity contribution in [3.63, 3.8) is 0 Å². The van der Waals surface area contributed by atoms with Crippen molar-refractivity contribution in [3.05, 3.63) is 59.2 Å². The summed E-state index contributed by atoms with van der Waals surface area (Å²) in [4.78, 5) is 28.6. The summed E-state index contributed by atoms with van der Waals surface area (Å²) < 4.78 is 34.3. The molecule has 0 unspecified atom stereocenters. The van der Waals surface area contributed by atoms with Crippen LogP contribution in [0.3, 0.4) is 0 Å². The second kappa shape index (κ2) is 14.2. The van der Waals surface area contributed by atoms with Crippen LogP contribution in [0, 0.1) is 13.8 Å². The number of anilines is 1. The largest absolute Gasteiger partial charge is 0.497 e. The SMILES string of the molecule is CCCCNC(=O)[C@@H](CC)N(Cc1ccc(OC)cc1)C(=O)CN(c1cc(C)ccc1C)S(=O)(=O)N(C)C. The molecule has 0 saturated heterocycles. The van der Waals surface area contributed by atoms with Gasteiger partial charge in [-0.15, -0.1) is 0 Å². The van der Waals surface area contributed by atoms with Crippen LogP contribution in [0.15, 0.2) is 42.5 Å². The highest BCUT2D eigenvalue weighted by molar-refractivity contribution is 7.90. The lowest BCUT2D eigenvalue weighted by Crippen LogP contribution is -2.53. The molecule has 2 aromatic carbocycles. The Kier molecular flexibility index (Phi) is 11.6. The number of carbonyl (C=O) groups excluding carboxylic acids is 2. The maximum absolute atomic E-state index is 14.0. The van der Waals surface area contributed by atoms with Gasteiger partial charge in [0.05, 0.1) is 12.8 Å². The molecule has 2 amide bonds. The smallest absolute Gasteiger partial charge is 0.304 e. The fourth-order valence-corrected chi connectivity index (χ4v) is 5.16. The van der Waals surface area contributed by atoms with Crippen molar-refractivity contribution in [2.75, 3.05) is 38.6 Å². The van der Waals surface area contributed by atoms with Crippen LogP contribution < -0.4 is 14.4 Å². The number of methoxy groups -OCH3 is 1. The zero-order valence-corrected chi connectivity index (χ0v) is 24.5. The molecule has 0 heterocycles. The Hall–Kier alpha value is -3.11. The molecule has 0 aliphatic heterocycles. The van der Waals surface area contributed by atoms with Crippen LogP contribution in [0.25, 0.3) is 0 Å². The van der Waals surface area contributed by atoms with Gasteiger partial charge in [-0.3, -0.25) is 9.59 Å². The van der Waals surface area contributed by atoms with Crippen molar-refractivity contribution in [1.82, 2.24) is 14.5 Å². The molecule has 2 rings (SSSR count). The first-order chi connectivity index (χ1) is 18.0. The predicted molar refractivity (Wildman–Crippen MR) is 151 cm³/mol. The van der Waals surface area contributed by atoms with E-state index in [1.54, 1.807) is 25.3 Å². The number of unbranched alkanes of at least 4 members (excludes halogenated alkanes) is 1. The van der Waals surface area contributed by atoms with Crippen molar-refractivity contribution >= 4 is 27.7 Å². The lowest BCUT2D eigenvalue weighted by molar-refractivity contribution is -0.140. The van der Waals surface area contributed by atoms with Gasteiger partial charge in [-0.05, 0) is 61.6 Å². The number of hydrogen-bond donors (Lipinski definition) is 1. The highest BCUT2D eigenvalue weighted by Gasteiger charge is 2.34. The van der Waals surface area contributed by atoms with Gasteiger partial charge in [-0.2, -0.15) is 12.7 Å². The van der Waals surface area contributed by atoms with Gasteiger partial charge in [0.15, 0.2) is 0 Å². The summed E-state index contributed by atoms with van der Waals surface area (Å²) in [7, 11) is 0.432. The Morgan fingerprint density at radius 2 is 1.68 bits per heavy atom. The maximum atomic E-state index is 14.0. The zero-order chi connectivity index (χ0) is 28.5. The first kappa shape index (κ1) is 31.1. The number of rotatable bonds is 14. The lowest BCUT2D eigenvalue weighted by atomic mass is 10.1. The number of carbonyl (C=O) groups is 2. The van der Waals surface area contributed by atoms with Crippen molar-refractivity contribution in [2.24, 2.45) is 0 Å². The number of nitrogens with zero attached hydrogens (tertiary/aromatic N) is 3. The Morgan fingerprint density at radius 1 is 1.03 bits per heavy atom. The third-order valence-corrected chi connectivity index (χ3v) is 8.19. The minimum atomic E-state index is -4.01. The second-order valence-corrected chi connectivity index (χ2v) is 11.6. The molecule has 0 bridgehead atoms. The summed E-state index contributed by atoms with van der Waals surface area (Å²) in [6.45, 7) is 7.77. The van der Waals surface area contributed by atoms with E-state index in [1.165, 1.54) is 19.0 Å². The first-order valence-corrected chi connectivity index (χ1v) is 14.3. The van der Waals surface area contributed by atoms with Gasteiger partial charge in [0.2, 0.25) is 11.8 Å². The van der Waals surface area contributed by atoms with Crippen LogP contribution in [0.4, 0.5) is 5.69 Å². The molecule has 1 atom stereocenters. The number of nitrogens with one attached hydrogen (secondary N) is 1. The molecule has 0 saturated carbocycles. The number of hydrogen-bond acceptors (Lipinski definition) is 5. The van der Waals surface area contributed by atoms with Crippen molar-refractivity contribution in [1.29, 1.82) is 0 Å². The number of benzene rings is 2. The van der Waals surface area contributed by atoms with E-state index in [2.05, 4.69) is 5.32 Å². The molecular weight excluding hydrogens is 504 g/mol. The normalized spacial score (nSPS) is 12.2. The molecule has 0 spiro atoms. The van der Waals surface area contributed by atoms with E-state index in [-0.39, 0.29) is 12.5 Å². The van der Waals surface area contributed by atoms with Gasteiger partial charge in [-0.1, -0.05) is 44.5 Å². The molecular formula is C28H42N4O5S. The van der Waals surface area contributed by atoms with Crippen LogP contribution in [0.5, 0.6) is 5.75 Å². The van der Waals surface area contributed by atoms with Crippen LogP contribution in [0.1, 0.15) is 49.8 Å². The summed E-state index contributed by atoms with van der Waals surface area (Å²) in [5, 5.41) is 2.93. The first-order valence-electron chi connectivity index (χ1n) is 12.9. The quantitative estimate of drug-likeness (QED) is 0.365. The average molecular weight is 547 g/mol. The topological polar surface area (TPSA) is 99.3 Å². The molecule has 38 heavy (non-hydrogen) atoms. The van der Waals surface area contributed by atoms with Crippen LogP contribution >= 0.6 is 0 Å². The highest BCUT2D eigenvalue weighted by atomic mass is 32.2. The molecule has 9 nitrogen and oxygen atoms in total. The molecule has 0 fully saturated rings. The van der Waals surface area contributed by atoms with E-state index in [0.29, 0.717) is 24.4 Å². The summed E-state index contributed by atoms with van der Waals surface area (Å²) >= 11 is 0. The maximum Gasteiger partial charge on any atom is 0.304 e. The van der Waals surface area contributed by atoms with Crippen molar-refractivity contribution in [2.45, 2.75) is 59.5 Å². The highest BCUT2D eigenvalue weighted by Crippen LogP contribution is 2.26. The van der Waals surface area contributed by atoms with Gasteiger partial charge in [-0.25, -0.2) is 4.31 Å². The van der Waals surface area contributed by atoms with E-state index in [0.717, 1.165) is 38.1 Å². The summed E-state index contributed by atoms with van der Waals surface area (Å²) in [5.41, 5.74) is 2.82. The molecule has 2 aromatic rings. The average Bonchev–Trinajstić information content (AvgIpc) is 2.88. The molecule has 10 heteroatoms. The number of amides is 2. The van der Waals surface area contributed by atoms with Gasteiger partial charge >= 0.3 is 10.2 Å². The van der Waals surface area contributed by atoms with Crippen LogP contribution in [-0.4, -0.2) is 69.8 Å². The Bertz CT molecular complexity index is 1180. The molecule has 1 N–H and O–H groups in total. The minimum absolute atomic E-state index is 0.144. The third kappa shape index (κ3) is 7.94. The van der Waals surface area contributed by atoms with E-state index in [4.69, 9.17) is 4.74 Å². The number of ether oxygens (including phenoxy) is 1. The monoisotopic (exact) mass is 546 g/mol. The van der Waals surface area contributed by atoms with Crippen molar-refractivity contribution < 1.29 is 22.7 Å². The van der Waals surface area contributed by atoms with E-state index in [9.17, 15) is 18.0 Å². The van der Waals surface area contributed by atoms with Crippen molar-refractivity contribution in [3.8, 4) is 5.75 Å². The molecule has 0 aromatic heterocycles. The molecule has 0 radical (unpaired) electrons. The molecule has 0 aliphatic rings. The summed E-state index contributed by atoms with van der Waals surface area (Å²) in [6, 6.07) is 12.0. The Morgan fingerprint density at radius 3 is 2.24 bits per heavy atom. The van der Waals surface area contributed by atoms with Gasteiger partial charge in [0.1, 0.15) is 18.3 Å². The second-order valence-electron chi connectivity index (χ2n) is 9.53. The van der Waals surface area contributed by atoms with Gasteiger partial charge in [0.25, 0.3) is 0 Å². The minimum Gasteiger partial charge on any atom is -0.497 e. The van der Waals surface area contributed by atoms with Crippen LogP contribution in [0.2, 0.25) is 0 Å². The summed E-state index contributed by atoms with van der Waals surface area (Å²) in [5.74, 6) is -0.0460. The lowest BCUT2D eigenvalue weighted by Gasteiger charge is -2.34. The Balaban J connectivity index is 2.51. The fourth-order valence-electron chi connectivity index (χ4n) is 4.04. The van der Waals surface area contributed by atoms with Crippen LogP contribution in [-0.2, 0) is 26.3 Å². The van der Waals surface area contributed by atoms with Gasteiger partial charge < -0.3 is 15.0 Å². The predicted octanol–water partition coefficient (Wildman–Crippen LogP) is 3.65. The third-order valence-electron chi connectivity index (χ3n) is 6.38. The molecule has 0 aliphatic carbocycles. The fraction of sp³-hybridized carbons (Fsp3) is 0.500. The van der Waals surface area contributed by atoms with Gasteiger partial charge in [0, 0.05) is 27.2 Å². The standard InChI is InChI=1S/C28H42N4O5S/c1-8-10-17-29-28(34)25(9-2)31(19-23-13-15-24(37-7)16-14-23)27(33)20-32(38(35,36)30(5)6)26-18-21(3)11-12-22(26)4/h11-16,18,25H,8-10,17,19-20H2,1-7H3,(H,29,34)/t25-/m1/s1. The zero-order valence-electron chi connectivity index (χ0n) is 23.7. The van der Waals surface area contributed by atoms with E-state index < -0.39 is 28.7 Å². The van der Waals surface area contributed by atoms with E-state index >= 15 is 0 Å². The Labute approximate surface area is 227 Å². The summed E-state index contributed by atoms with van der Waals surface area (Å²) in [6.07, 6.45) is 2.14. The molecule has 210 valence electrons.